The number of para-hydroxylation sites is 1. The van der Waals surface area contributed by atoms with Crippen molar-refractivity contribution >= 4 is 5.97 Å². The number of benzene rings is 1. The van der Waals surface area contributed by atoms with Gasteiger partial charge in [0.2, 0.25) is 0 Å². The molecular formula is C15H17N3O2. The third-order valence-electron chi connectivity index (χ3n) is 2.80. The minimum atomic E-state index is -0.852. The van der Waals surface area contributed by atoms with Crippen LogP contribution in [0.5, 0.6) is 0 Å². The topological polar surface area (TPSA) is 58.4 Å². The van der Waals surface area contributed by atoms with Crippen LogP contribution < -0.4 is 0 Å². The van der Waals surface area contributed by atoms with Gasteiger partial charge in [-0.1, -0.05) is 24.3 Å². The van der Waals surface area contributed by atoms with Crippen LogP contribution in [-0.2, 0) is 11.3 Å². The molecule has 0 aliphatic carbocycles. The number of carbonyl (C=O) groups is 1. The molecule has 0 unspecified atom stereocenters. The first-order valence-electron chi connectivity index (χ1n) is 6.34. The van der Waals surface area contributed by atoms with Crippen LogP contribution in [0.4, 0.5) is 0 Å². The number of carboxylic acids is 1. The van der Waals surface area contributed by atoms with E-state index in [2.05, 4.69) is 11.7 Å². The molecule has 5 nitrogen and oxygen atoms in total. The molecule has 0 aliphatic rings. The highest BCUT2D eigenvalue weighted by Gasteiger charge is 2.10. The van der Waals surface area contributed by atoms with Crippen LogP contribution >= 0.6 is 0 Å². The molecule has 0 radical (unpaired) electrons. The molecule has 1 heterocycles. The predicted octanol–water partition coefficient (Wildman–Crippen LogP) is 1.94. The summed E-state index contributed by atoms with van der Waals surface area (Å²) in [6.45, 7) is 4.62. The smallest absolute Gasteiger partial charge is 0.317 e. The second-order valence-electron chi connectivity index (χ2n) is 4.44. The number of nitrogens with zero attached hydrogens (tertiary/aromatic N) is 3. The van der Waals surface area contributed by atoms with Gasteiger partial charge in [-0.25, -0.2) is 4.68 Å². The lowest BCUT2D eigenvalue weighted by Gasteiger charge is -2.16. The highest BCUT2D eigenvalue weighted by molar-refractivity contribution is 5.69. The predicted molar refractivity (Wildman–Crippen MR) is 76.7 cm³/mol. The van der Waals surface area contributed by atoms with Crippen LogP contribution in [0.2, 0.25) is 0 Å². The van der Waals surface area contributed by atoms with Gasteiger partial charge in [0, 0.05) is 19.3 Å². The van der Waals surface area contributed by atoms with E-state index in [1.165, 1.54) is 0 Å². The van der Waals surface area contributed by atoms with E-state index >= 15 is 0 Å². The van der Waals surface area contributed by atoms with Gasteiger partial charge in [0.1, 0.15) is 0 Å². The molecule has 2 rings (SSSR count). The van der Waals surface area contributed by atoms with Gasteiger partial charge < -0.3 is 5.11 Å². The molecular weight excluding hydrogens is 254 g/mol. The lowest BCUT2D eigenvalue weighted by Crippen LogP contribution is -2.29. The zero-order chi connectivity index (χ0) is 14.4. The molecule has 0 saturated heterocycles. The van der Waals surface area contributed by atoms with Crippen LogP contribution in [0.3, 0.4) is 0 Å². The van der Waals surface area contributed by atoms with Gasteiger partial charge in [0.15, 0.2) is 0 Å². The van der Waals surface area contributed by atoms with Gasteiger partial charge >= 0.3 is 5.97 Å². The van der Waals surface area contributed by atoms with E-state index in [1.54, 1.807) is 15.7 Å². The molecule has 0 amide bonds. The molecule has 104 valence electrons. The van der Waals surface area contributed by atoms with Crippen LogP contribution in [-0.4, -0.2) is 38.8 Å². The largest absolute Gasteiger partial charge is 0.480 e. The second kappa shape index (κ2) is 6.68. The van der Waals surface area contributed by atoms with Crippen molar-refractivity contribution in [3.63, 3.8) is 0 Å². The van der Waals surface area contributed by atoms with Gasteiger partial charge in [-0.3, -0.25) is 9.69 Å². The summed E-state index contributed by atoms with van der Waals surface area (Å²) in [5.74, 6) is -0.852. The SMILES string of the molecule is C=CCN(CC(=O)O)Cc1ccn(-c2ccccc2)n1. The average Bonchev–Trinajstić information content (AvgIpc) is 2.88. The third kappa shape index (κ3) is 3.80. The molecule has 20 heavy (non-hydrogen) atoms. The number of carboxylic acid groups (broad SMARTS) is 1. The average molecular weight is 271 g/mol. The lowest BCUT2D eigenvalue weighted by atomic mass is 10.3. The molecule has 1 aromatic carbocycles. The molecule has 0 fully saturated rings. The van der Waals surface area contributed by atoms with Crippen molar-refractivity contribution in [3.8, 4) is 5.69 Å². The lowest BCUT2D eigenvalue weighted by molar-refractivity contribution is -0.138. The summed E-state index contributed by atoms with van der Waals surface area (Å²) in [6, 6.07) is 11.7. The summed E-state index contributed by atoms with van der Waals surface area (Å²) in [5.41, 5.74) is 1.81. The monoisotopic (exact) mass is 271 g/mol. The van der Waals surface area contributed by atoms with Crippen molar-refractivity contribution in [2.24, 2.45) is 0 Å². The van der Waals surface area contributed by atoms with Crippen LogP contribution in [0.25, 0.3) is 5.69 Å². The van der Waals surface area contributed by atoms with E-state index in [4.69, 9.17) is 5.11 Å². The van der Waals surface area contributed by atoms with Gasteiger partial charge in [0.05, 0.1) is 17.9 Å². The van der Waals surface area contributed by atoms with Gasteiger partial charge in [-0.05, 0) is 18.2 Å². The Labute approximate surface area is 117 Å². The first-order valence-corrected chi connectivity index (χ1v) is 6.34. The standard InChI is InChI=1S/C15H17N3O2/c1-2-9-17(12-15(19)20)11-13-8-10-18(16-13)14-6-4-3-5-7-14/h2-8,10H,1,9,11-12H2,(H,19,20). The Balaban J connectivity index is 2.08. The Kier molecular flexibility index (Phi) is 4.68. The summed E-state index contributed by atoms with van der Waals surface area (Å²) >= 11 is 0. The maximum absolute atomic E-state index is 10.8. The minimum absolute atomic E-state index is 0.0236. The van der Waals surface area contributed by atoms with E-state index in [-0.39, 0.29) is 6.54 Å². The van der Waals surface area contributed by atoms with Gasteiger partial charge in [0.25, 0.3) is 0 Å². The normalized spacial score (nSPS) is 10.7. The molecule has 0 spiro atoms. The van der Waals surface area contributed by atoms with Crippen molar-refractivity contribution in [3.05, 3.63) is 60.9 Å². The molecule has 0 bridgehead atoms. The van der Waals surface area contributed by atoms with E-state index in [1.807, 2.05) is 42.6 Å². The fourth-order valence-corrected chi connectivity index (χ4v) is 1.96. The Morgan fingerprint density at radius 2 is 2.10 bits per heavy atom. The number of aliphatic carboxylic acids is 1. The molecule has 1 aromatic heterocycles. The maximum atomic E-state index is 10.8. The molecule has 0 atom stereocenters. The number of hydrogen-bond acceptors (Lipinski definition) is 3. The fraction of sp³-hybridized carbons (Fsp3) is 0.200. The Hall–Kier alpha value is -2.40. The van der Waals surface area contributed by atoms with Crippen molar-refractivity contribution < 1.29 is 9.90 Å². The fourth-order valence-electron chi connectivity index (χ4n) is 1.96. The highest BCUT2D eigenvalue weighted by atomic mass is 16.4. The number of aromatic nitrogens is 2. The molecule has 5 heteroatoms. The van der Waals surface area contributed by atoms with E-state index < -0.39 is 5.97 Å². The van der Waals surface area contributed by atoms with Crippen LogP contribution in [0.1, 0.15) is 5.69 Å². The summed E-state index contributed by atoms with van der Waals surface area (Å²) in [4.78, 5) is 12.6. The minimum Gasteiger partial charge on any atom is -0.480 e. The molecule has 1 N–H and O–H groups in total. The molecule has 0 aliphatic heterocycles. The van der Waals surface area contributed by atoms with E-state index in [0.717, 1.165) is 11.4 Å². The van der Waals surface area contributed by atoms with E-state index in [9.17, 15) is 4.79 Å². The molecule has 2 aromatic rings. The zero-order valence-corrected chi connectivity index (χ0v) is 11.1. The van der Waals surface area contributed by atoms with Crippen LogP contribution in [0.15, 0.2) is 55.3 Å². The Morgan fingerprint density at radius 3 is 2.75 bits per heavy atom. The Morgan fingerprint density at radius 1 is 1.35 bits per heavy atom. The highest BCUT2D eigenvalue weighted by Crippen LogP contribution is 2.08. The van der Waals surface area contributed by atoms with Crippen molar-refractivity contribution in [1.82, 2.24) is 14.7 Å². The quantitative estimate of drug-likeness (QED) is 0.782. The van der Waals surface area contributed by atoms with Crippen molar-refractivity contribution in [2.45, 2.75) is 6.54 Å². The summed E-state index contributed by atoms with van der Waals surface area (Å²) in [7, 11) is 0. The van der Waals surface area contributed by atoms with Gasteiger partial charge in [-0.2, -0.15) is 5.10 Å². The summed E-state index contributed by atoms with van der Waals surface area (Å²) in [5, 5.41) is 13.3. The number of hydrogen-bond donors (Lipinski definition) is 1. The van der Waals surface area contributed by atoms with Crippen molar-refractivity contribution in [2.75, 3.05) is 13.1 Å². The van der Waals surface area contributed by atoms with Crippen LogP contribution in [0, 0.1) is 0 Å². The van der Waals surface area contributed by atoms with Gasteiger partial charge in [-0.15, -0.1) is 6.58 Å². The maximum Gasteiger partial charge on any atom is 0.317 e. The molecule has 0 saturated carbocycles. The Bertz CT molecular complexity index is 578. The number of rotatable bonds is 7. The first-order chi connectivity index (χ1) is 9.69. The second-order valence-corrected chi connectivity index (χ2v) is 4.44. The first kappa shape index (κ1) is 14.0. The summed E-state index contributed by atoms with van der Waals surface area (Å²) in [6.07, 6.45) is 3.56. The third-order valence-corrected chi connectivity index (χ3v) is 2.80. The summed E-state index contributed by atoms with van der Waals surface area (Å²) < 4.78 is 1.78. The van der Waals surface area contributed by atoms with E-state index in [0.29, 0.717) is 13.1 Å². The zero-order valence-electron chi connectivity index (χ0n) is 11.1. The van der Waals surface area contributed by atoms with Crippen molar-refractivity contribution in [1.29, 1.82) is 0 Å².